The number of carboxylic acids is 1. The third kappa shape index (κ3) is 3.95. The number of thioether (sulfide) groups is 1. The summed E-state index contributed by atoms with van der Waals surface area (Å²) in [6.07, 6.45) is -0.0426. The van der Waals surface area contributed by atoms with E-state index in [2.05, 4.69) is 0 Å². The number of carboxylic acid groups (broad SMARTS) is 1. The van der Waals surface area contributed by atoms with Crippen molar-refractivity contribution in [2.45, 2.75) is 11.3 Å². The van der Waals surface area contributed by atoms with Crippen LogP contribution in [0.3, 0.4) is 0 Å². The summed E-state index contributed by atoms with van der Waals surface area (Å²) < 4.78 is 4.96. The Morgan fingerprint density at radius 3 is 2.82 bits per heavy atom. The average molecular weight is 257 g/mol. The number of aliphatic carboxylic acids is 1. The number of hydrogen-bond acceptors (Lipinski definition) is 5. The summed E-state index contributed by atoms with van der Waals surface area (Å²) in [5.74, 6) is -0.139. The van der Waals surface area contributed by atoms with Gasteiger partial charge in [-0.25, -0.2) is 0 Å². The molecule has 1 rings (SSSR count). The van der Waals surface area contributed by atoms with Crippen LogP contribution < -0.4 is 4.74 Å². The van der Waals surface area contributed by atoms with E-state index in [1.807, 2.05) is 0 Å². The maximum absolute atomic E-state index is 10.8. The highest BCUT2D eigenvalue weighted by Gasteiger charge is 2.15. The van der Waals surface area contributed by atoms with Crippen LogP contribution in [0.25, 0.3) is 0 Å². The maximum atomic E-state index is 10.8. The van der Waals surface area contributed by atoms with Crippen molar-refractivity contribution in [3.63, 3.8) is 0 Å². The highest BCUT2D eigenvalue weighted by Crippen LogP contribution is 2.32. The van der Waals surface area contributed by atoms with Gasteiger partial charge in [-0.2, -0.15) is 0 Å². The topological polar surface area (TPSA) is 89.7 Å². The normalized spacial score (nSPS) is 9.94. The number of rotatable bonds is 6. The van der Waals surface area contributed by atoms with E-state index >= 15 is 0 Å². The van der Waals surface area contributed by atoms with Gasteiger partial charge in [-0.3, -0.25) is 14.9 Å². The molecule has 0 aliphatic heterocycles. The van der Waals surface area contributed by atoms with Gasteiger partial charge in [0.2, 0.25) is 0 Å². The molecule has 0 aliphatic carbocycles. The summed E-state index contributed by atoms with van der Waals surface area (Å²) in [5, 5.41) is 19.3. The van der Waals surface area contributed by atoms with E-state index < -0.39 is 10.9 Å². The van der Waals surface area contributed by atoms with Crippen LogP contribution in [-0.2, 0) is 4.79 Å². The Balaban J connectivity index is 2.85. The zero-order valence-electron chi connectivity index (χ0n) is 9.08. The van der Waals surface area contributed by atoms with Crippen molar-refractivity contribution in [3.8, 4) is 5.75 Å². The SMILES string of the molecule is COc1ccc([N+](=O)[O-])c(SCCC(=O)O)c1. The van der Waals surface area contributed by atoms with Gasteiger partial charge in [0.05, 0.1) is 23.3 Å². The molecule has 0 saturated heterocycles. The van der Waals surface area contributed by atoms with Crippen molar-refractivity contribution in [2.75, 3.05) is 12.9 Å². The molecule has 1 aromatic rings. The first-order chi connectivity index (χ1) is 8.04. The minimum absolute atomic E-state index is 0.0406. The van der Waals surface area contributed by atoms with Crippen molar-refractivity contribution in [2.24, 2.45) is 0 Å². The predicted octanol–water partition coefficient (Wildman–Crippen LogP) is 2.17. The molecule has 0 fully saturated rings. The zero-order valence-corrected chi connectivity index (χ0v) is 9.90. The summed E-state index contributed by atoms with van der Waals surface area (Å²) in [4.78, 5) is 21.0. The molecule has 0 atom stereocenters. The van der Waals surface area contributed by atoms with Gasteiger partial charge in [0.15, 0.2) is 0 Å². The second-order valence-electron chi connectivity index (χ2n) is 3.08. The first-order valence-electron chi connectivity index (χ1n) is 4.71. The Bertz CT molecular complexity index is 435. The summed E-state index contributed by atoms with van der Waals surface area (Å²) in [6.45, 7) is 0. The monoisotopic (exact) mass is 257 g/mol. The van der Waals surface area contributed by atoms with Crippen molar-refractivity contribution < 1.29 is 19.6 Å². The lowest BCUT2D eigenvalue weighted by Crippen LogP contribution is -1.97. The molecule has 0 spiro atoms. The number of ether oxygens (including phenoxy) is 1. The molecule has 0 bridgehead atoms. The minimum Gasteiger partial charge on any atom is -0.497 e. The van der Waals surface area contributed by atoms with Crippen LogP contribution in [0, 0.1) is 10.1 Å². The molecule has 0 amide bonds. The molecule has 17 heavy (non-hydrogen) atoms. The number of carbonyl (C=O) groups is 1. The molecule has 6 nitrogen and oxygen atoms in total. The van der Waals surface area contributed by atoms with Crippen LogP contribution in [0.5, 0.6) is 5.75 Å². The molecule has 0 radical (unpaired) electrons. The number of nitro groups is 1. The highest BCUT2D eigenvalue weighted by atomic mass is 32.2. The molecule has 0 aliphatic rings. The van der Waals surface area contributed by atoms with Crippen molar-refractivity contribution in [3.05, 3.63) is 28.3 Å². The number of benzene rings is 1. The standard InChI is InChI=1S/C10H11NO5S/c1-16-7-2-3-8(11(14)15)9(6-7)17-5-4-10(12)13/h2-3,6H,4-5H2,1H3,(H,12,13). The Labute approximate surface area is 102 Å². The molecular formula is C10H11NO5S. The van der Waals surface area contributed by atoms with Crippen LogP contribution in [0.4, 0.5) is 5.69 Å². The van der Waals surface area contributed by atoms with E-state index in [1.54, 1.807) is 0 Å². The van der Waals surface area contributed by atoms with Crippen molar-refractivity contribution >= 4 is 23.4 Å². The van der Waals surface area contributed by atoms with Crippen molar-refractivity contribution in [1.82, 2.24) is 0 Å². The lowest BCUT2D eigenvalue weighted by Gasteiger charge is -2.04. The van der Waals surface area contributed by atoms with Crippen LogP contribution in [-0.4, -0.2) is 28.9 Å². The van der Waals surface area contributed by atoms with Crippen molar-refractivity contribution in [1.29, 1.82) is 0 Å². The van der Waals surface area contributed by atoms with Gasteiger partial charge in [0.25, 0.3) is 5.69 Å². The van der Waals surface area contributed by atoms with E-state index in [4.69, 9.17) is 9.84 Å². The van der Waals surface area contributed by atoms with E-state index in [9.17, 15) is 14.9 Å². The quantitative estimate of drug-likeness (QED) is 0.477. The third-order valence-corrected chi connectivity index (χ3v) is 2.98. The fraction of sp³-hybridized carbons (Fsp3) is 0.300. The maximum Gasteiger partial charge on any atom is 0.304 e. The van der Waals surface area contributed by atoms with Gasteiger partial charge in [0, 0.05) is 17.9 Å². The molecule has 0 saturated carbocycles. The van der Waals surface area contributed by atoms with Crippen LogP contribution >= 0.6 is 11.8 Å². The van der Waals surface area contributed by atoms with Gasteiger partial charge in [-0.15, -0.1) is 11.8 Å². The minimum atomic E-state index is -0.928. The Morgan fingerprint density at radius 2 is 2.29 bits per heavy atom. The van der Waals surface area contributed by atoms with Crippen LogP contribution in [0.15, 0.2) is 23.1 Å². The molecule has 0 heterocycles. The smallest absolute Gasteiger partial charge is 0.304 e. The fourth-order valence-electron chi connectivity index (χ4n) is 1.14. The summed E-state index contributed by atoms with van der Waals surface area (Å²) in [5.41, 5.74) is -0.0406. The average Bonchev–Trinajstić information content (AvgIpc) is 2.28. The summed E-state index contributed by atoms with van der Waals surface area (Å²) >= 11 is 1.13. The number of hydrogen-bond donors (Lipinski definition) is 1. The number of methoxy groups -OCH3 is 1. The largest absolute Gasteiger partial charge is 0.497 e. The van der Waals surface area contributed by atoms with E-state index in [-0.39, 0.29) is 17.9 Å². The van der Waals surface area contributed by atoms with E-state index in [0.29, 0.717) is 10.6 Å². The lowest BCUT2D eigenvalue weighted by molar-refractivity contribution is -0.387. The molecule has 92 valence electrons. The Morgan fingerprint density at radius 1 is 1.59 bits per heavy atom. The molecule has 1 aromatic carbocycles. The van der Waals surface area contributed by atoms with Gasteiger partial charge in [0.1, 0.15) is 5.75 Å². The lowest BCUT2D eigenvalue weighted by atomic mass is 10.3. The number of nitro benzene ring substituents is 1. The second kappa shape index (κ2) is 6.09. The third-order valence-electron chi connectivity index (χ3n) is 1.94. The molecule has 0 unspecified atom stereocenters. The fourth-order valence-corrected chi connectivity index (χ4v) is 2.12. The van der Waals surface area contributed by atoms with E-state index in [0.717, 1.165) is 11.8 Å². The van der Waals surface area contributed by atoms with Gasteiger partial charge in [-0.05, 0) is 6.07 Å². The van der Waals surface area contributed by atoms with E-state index in [1.165, 1.54) is 25.3 Å². The highest BCUT2D eigenvalue weighted by molar-refractivity contribution is 7.99. The molecule has 1 N–H and O–H groups in total. The zero-order chi connectivity index (χ0) is 12.8. The van der Waals surface area contributed by atoms with Gasteiger partial charge < -0.3 is 9.84 Å². The molecule has 0 aromatic heterocycles. The van der Waals surface area contributed by atoms with Gasteiger partial charge >= 0.3 is 5.97 Å². The first-order valence-corrected chi connectivity index (χ1v) is 5.70. The van der Waals surface area contributed by atoms with Gasteiger partial charge in [-0.1, -0.05) is 0 Å². The first kappa shape index (κ1) is 13.3. The van der Waals surface area contributed by atoms with Crippen LogP contribution in [0.1, 0.15) is 6.42 Å². The van der Waals surface area contributed by atoms with Crippen LogP contribution in [0.2, 0.25) is 0 Å². The summed E-state index contributed by atoms with van der Waals surface area (Å²) in [6, 6.07) is 4.38. The molecular weight excluding hydrogens is 246 g/mol. The Kier molecular flexibility index (Phi) is 4.77. The predicted molar refractivity (Wildman–Crippen MR) is 62.6 cm³/mol. The second-order valence-corrected chi connectivity index (χ2v) is 4.22. The molecule has 7 heteroatoms. The number of nitrogens with zero attached hydrogens (tertiary/aromatic N) is 1. The Hall–Kier alpha value is -1.76. The summed E-state index contributed by atoms with van der Waals surface area (Å²) in [7, 11) is 1.47.